The van der Waals surface area contributed by atoms with Crippen molar-refractivity contribution in [2.75, 3.05) is 11.4 Å². The van der Waals surface area contributed by atoms with Crippen molar-refractivity contribution in [3.8, 4) is 0 Å². The Morgan fingerprint density at radius 3 is 2.43 bits per heavy atom. The van der Waals surface area contributed by atoms with Gasteiger partial charge in [-0.1, -0.05) is 30.3 Å². The molecule has 0 spiro atoms. The molecule has 2 aliphatic heterocycles. The molecule has 1 amide bonds. The molecule has 2 aliphatic rings. The van der Waals surface area contributed by atoms with Crippen LogP contribution in [-0.2, 0) is 23.2 Å². The van der Waals surface area contributed by atoms with Gasteiger partial charge in [0.2, 0.25) is 5.91 Å². The Bertz CT molecular complexity index is 885. The van der Waals surface area contributed by atoms with Crippen molar-refractivity contribution >= 4 is 17.6 Å². The minimum atomic E-state index is -5.08. The fourth-order valence-electron chi connectivity index (χ4n) is 4.03. The van der Waals surface area contributed by atoms with Crippen LogP contribution in [0.25, 0.3) is 0 Å². The zero-order valence-corrected chi connectivity index (χ0v) is 16.4. The highest BCUT2D eigenvalue weighted by atomic mass is 19.4. The van der Waals surface area contributed by atoms with Gasteiger partial charge < -0.3 is 10.0 Å². The van der Waals surface area contributed by atoms with Gasteiger partial charge in [0, 0.05) is 38.8 Å². The SMILES string of the molecule is Cn1cc(N2C(=O)CC[C@@H]3[C@H]2CCN3Cc2ccccc2)cn1.O=C(O)C(F)(F)F. The van der Waals surface area contributed by atoms with E-state index in [0.717, 1.165) is 31.6 Å². The number of rotatable bonds is 3. The minimum Gasteiger partial charge on any atom is -0.475 e. The second kappa shape index (κ2) is 8.86. The molecule has 3 heterocycles. The molecule has 0 bridgehead atoms. The summed E-state index contributed by atoms with van der Waals surface area (Å²) in [5.74, 6) is -2.52. The molecule has 30 heavy (non-hydrogen) atoms. The van der Waals surface area contributed by atoms with Crippen molar-refractivity contribution < 1.29 is 27.9 Å². The number of anilines is 1. The Balaban J connectivity index is 0.000000318. The first-order valence-electron chi connectivity index (χ1n) is 9.55. The van der Waals surface area contributed by atoms with Gasteiger partial charge in [-0.2, -0.15) is 18.3 Å². The van der Waals surface area contributed by atoms with Crippen LogP contribution in [0, 0.1) is 0 Å². The van der Waals surface area contributed by atoms with Gasteiger partial charge in [0.05, 0.1) is 17.9 Å². The third-order valence-electron chi connectivity index (χ3n) is 5.32. The molecule has 2 atom stereocenters. The van der Waals surface area contributed by atoms with E-state index in [2.05, 4.69) is 40.3 Å². The summed E-state index contributed by atoms with van der Waals surface area (Å²) in [5.41, 5.74) is 2.28. The molecule has 162 valence electrons. The molecule has 2 saturated heterocycles. The first-order chi connectivity index (χ1) is 14.2. The van der Waals surface area contributed by atoms with E-state index in [0.29, 0.717) is 12.5 Å². The Kier molecular flexibility index (Phi) is 6.45. The van der Waals surface area contributed by atoms with Crippen molar-refractivity contribution in [3.05, 3.63) is 48.3 Å². The lowest BCUT2D eigenvalue weighted by molar-refractivity contribution is -0.192. The highest BCUT2D eigenvalue weighted by Gasteiger charge is 2.43. The van der Waals surface area contributed by atoms with Gasteiger partial charge in [-0.25, -0.2) is 4.79 Å². The molecule has 0 saturated carbocycles. The number of aliphatic carboxylic acids is 1. The van der Waals surface area contributed by atoms with Crippen molar-refractivity contribution in [1.82, 2.24) is 14.7 Å². The molecule has 0 aliphatic carbocycles. The van der Waals surface area contributed by atoms with E-state index < -0.39 is 12.1 Å². The number of amides is 1. The summed E-state index contributed by atoms with van der Waals surface area (Å²) < 4.78 is 33.5. The third-order valence-corrected chi connectivity index (χ3v) is 5.32. The molecule has 2 fully saturated rings. The zero-order valence-electron chi connectivity index (χ0n) is 16.4. The number of carbonyl (C=O) groups excluding carboxylic acids is 1. The molecule has 0 radical (unpaired) electrons. The van der Waals surface area contributed by atoms with Crippen LogP contribution in [0.3, 0.4) is 0 Å². The predicted octanol–water partition coefficient (Wildman–Crippen LogP) is 2.82. The third kappa shape index (κ3) is 4.99. The normalized spacial score (nSPS) is 21.7. The number of piperidine rings is 1. The summed E-state index contributed by atoms with van der Waals surface area (Å²) in [7, 11) is 1.89. The quantitative estimate of drug-likeness (QED) is 0.820. The van der Waals surface area contributed by atoms with Crippen molar-refractivity contribution in [3.63, 3.8) is 0 Å². The van der Waals surface area contributed by atoms with Crippen LogP contribution in [0.15, 0.2) is 42.7 Å². The molecule has 0 unspecified atom stereocenters. The number of fused-ring (bicyclic) bond motifs is 1. The lowest BCUT2D eigenvalue weighted by atomic mass is 9.95. The first kappa shape index (κ1) is 21.8. The maximum atomic E-state index is 12.5. The number of aromatic nitrogens is 2. The molecular weight excluding hydrogens is 401 g/mol. The van der Waals surface area contributed by atoms with Crippen LogP contribution >= 0.6 is 0 Å². The van der Waals surface area contributed by atoms with E-state index in [1.807, 2.05) is 18.1 Å². The van der Waals surface area contributed by atoms with E-state index in [1.165, 1.54) is 5.56 Å². The summed E-state index contributed by atoms with van der Waals surface area (Å²) in [6.45, 7) is 2.02. The van der Waals surface area contributed by atoms with E-state index in [9.17, 15) is 18.0 Å². The van der Waals surface area contributed by atoms with E-state index >= 15 is 0 Å². The topological polar surface area (TPSA) is 78.7 Å². The largest absolute Gasteiger partial charge is 0.490 e. The number of alkyl halides is 3. The van der Waals surface area contributed by atoms with Gasteiger partial charge >= 0.3 is 12.1 Å². The number of carboxylic acids is 1. The number of carboxylic acid groups (broad SMARTS) is 1. The number of halogens is 3. The summed E-state index contributed by atoms with van der Waals surface area (Å²) in [5, 5.41) is 11.4. The Morgan fingerprint density at radius 2 is 1.87 bits per heavy atom. The van der Waals surface area contributed by atoms with Crippen LogP contribution in [0.1, 0.15) is 24.8 Å². The number of hydrogen-bond acceptors (Lipinski definition) is 4. The number of nitrogens with zero attached hydrogens (tertiary/aromatic N) is 4. The fraction of sp³-hybridized carbons (Fsp3) is 0.450. The second-order valence-corrected chi connectivity index (χ2v) is 7.36. The lowest BCUT2D eigenvalue weighted by Gasteiger charge is -2.39. The monoisotopic (exact) mass is 424 g/mol. The molecule has 4 rings (SSSR count). The fourth-order valence-corrected chi connectivity index (χ4v) is 4.03. The van der Waals surface area contributed by atoms with Crippen LogP contribution < -0.4 is 4.90 Å². The first-order valence-corrected chi connectivity index (χ1v) is 9.55. The van der Waals surface area contributed by atoms with Crippen molar-refractivity contribution in [2.45, 2.75) is 44.1 Å². The van der Waals surface area contributed by atoms with Gasteiger partial charge in [-0.15, -0.1) is 0 Å². The Labute approximate surface area is 171 Å². The highest BCUT2D eigenvalue weighted by molar-refractivity contribution is 5.94. The summed E-state index contributed by atoms with van der Waals surface area (Å²) in [6, 6.07) is 11.3. The van der Waals surface area contributed by atoms with Gasteiger partial charge in [0.25, 0.3) is 0 Å². The van der Waals surface area contributed by atoms with Crippen molar-refractivity contribution in [1.29, 1.82) is 0 Å². The van der Waals surface area contributed by atoms with Gasteiger partial charge in [0.1, 0.15) is 0 Å². The minimum absolute atomic E-state index is 0.237. The van der Waals surface area contributed by atoms with E-state index in [-0.39, 0.29) is 11.9 Å². The summed E-state index contributed by atoms with van der Waals surface area (Å²) >= 11 is 0. The van der Waals surface area contributed by atoms with Crippen LogP contribution in [0.4, 0.5) is 18.9 Å². The van der Waals surface area contributed by atoms with Crippen LogP contribution in [0.2, 0.25) is 0 Å². The molecule has 2 aromatic rings. The van der Waals surface area contributed by atoms with E-state index in [1.54, 1.807) is 10.9 Å². The molecule has 1 aromatic carbocycles. The predicted molar refractivity (Wildman–Crippen MR) is 103 cm³/mol. The van der Waals surface area contributed by atoms with Gasteiger partial charge in [-0.05, 0) is 18.4 Å². The smallest absolute Gasteiger partial charge is 0.475 e. The maximum absolute atomic E-state index is 12.5. The van der Waals surface area contributed by atoms with Crippen LogP contribution in [-0.4, -0.2) is 56.5 Å². The van der Waals surface area contributed by atoms with E-state index in [4.69, 9.17) is 9.90 Å². The number of likely N-dealkylation sites (tertiary alicyclic amines) is 1. The highest BCUT2D eigenvalue weighted by Crippen LogP contribution is 2.35. The molecule has 1 N–H and O–H groups in total. The number of hydrogen-bond donors (Lipinski definition) is 1. The number of benzene rings is 1. The average Bonchev–Trinajstić information content (AvgIpc) is 3.29. The summed E-state index contributed by atoms with van der Waals surface area (Å²) in [6.07, 6.45) is 1.30. The van der Waals surface area contributed by atoms with Gasteiger partial charge in [-0.3, -0.25) is 14.4 Å². The van der Waals surface area contributed by atoms with Gasteiger partial charge in [0.15, 0.2) is 0 Å². The lowest BCUT2D eigenvalue weighted by Crippen LogP contribution is -2.52. The number of carbonyl (C=O) groups is 2. The van der Waals surface area contributed by atoms with Crippen molar-refractivity contribution in [2.24, 2.45) is 7.05 Å². The summed E-state index contributed by atoms with van der Waals surface area (Å²) in [4.78, 5) is 25.9. The standard InChI is InChI=1S/C18H22N4O.C2HF3O2/c1-20-13-15(11-19-20)22-17-9-10-21(16(17)7-8-18(22)23)12-14-5-3-2-4-6-14;3-2(4,5)1(6)7/h2-6,11,13,16-17H,7-10,12H2,1H3;(H,6,7)/t16-,17-;/m1./s1. The second-order valence-electron chi connectivity index (χ2n) is 7.36. The van der Waals surface area contributed by atoms with Crippen LogP contribution in [0.5, 0.6) is 0 Å². The Morgan fingerprint density at radius 1 is 1.20 bits per heavy atom. The molecule has 10 heteroatoms. The number of aryl methyl sites for hydroxylation is 1. The zero-order chi connectivity index (χ0) is 21.9. The maximum Gasteiger partial charge on any atom is 0.490 e. The Hall–Kier alpha value is -2.88. The molecular formula is C20H23F3N4O3. The molecule has 7 nitrogen and oxygen atoms in total. The molecule has 1 aromatic heterocycles. The average molecular weight is 424 g/mol.